The van der Waals surface area contributed by atoms with Gasteiger partial charge < -0.3 is 19.5 Å². The minimum atomic E-state index is -5.08. The van der Waals surface area contributed by atoms with Gasteiger partial charge in [-0.3, -0.25) is 9.78 Å². The van der Waals surface area contributed by atoms with Crippen molar-refractivity contribution in [2.45, 2.75) is 48.5 Å². The standard InChI is InChI=1S/C18H25N3O5S.C2HF3O2/c22-17(20-7-1-2-8-20)12-25-15-5-9-26-18(10-15)13-21(14-18)27(23,24)16-4-3-6-19-11-16;3-2(4,5)1(6)7/h3-4,6,11,15H,1-2,5,7-10,12-14H2;(H,6,7). The normalized spacial score (nSPS) is 22.6. The van der Waals surface area contributed by atoms with Crippen LogP contribution in [0.1, 0.15) is 25.7 Å². The predicted molar refractivity (Wildman–Crippen MR) is 110 cm³/mol. The summed E-state index contributed by atoms with van der Waals surface area (Å²) in [5, 5.41) is 7.12. The second-order valence-corrected chi connectivity index (χ2v) is 10.2. The van der Waals surface area contributed by atoms with Crippen LogP contribution in [0.3, 0.4) is 0 Å². The number of sulfonamides is 1. The van der Waals surface area contributed by atoms with E-state index in [1.54, 1.807) is 18.3 Å². The predicted octanol–water partition coefficient (Wildman–Crippen LogP) is 1.28. The third-order valence-electron chi connectivity index (χ3n) is 5.79. The van der Waals surface area contributed by atoms with Gasteiger partial charge in [-0.2, -0.15) is 17.5 Å². The second kappa shape index (κ2) is 10.5. The number of rotatable bonds is 5. The van der Waals surface area contributed by atoms with E-state index < -0.39 is 27.8 Å². The summed E-state index contributed by atoms with van der Waals surface area (Å²) in [5.74, 6) is -2.71. The topological polar surface area (TPSA) is 126 Å². The number of aromatic nitrogens is 1. The SMILES string of the molecule is O=C(COC1CCOC2(C1)CN(S(=O)(=O)c1cccnc1)C2)N1CCCC1.O=C(O)C(F)(F)F. The lowest BCUT2D eigenvalue weighted by Gasteiger charge is -2.52. The molecule has 1 aromatic heterocycles. The number of amides is 1. The number of carbonyl (C=O) groups excluding carboxylic acids is 1. The summed E-state index contributed by atoms with van der Waals surface area (Å²) in [6, 6.07) is 3.16. The first kappa shape index (κ1) is 26.3. The number of carboxylic acid groups (broad SMARTS) is 1. The highest BCUT2D eigenvalue weighted by molar-refractivity contribution is 7.89. The lowest BCUT2D eigenvalue weighted by Crippen LogP contribution is -2.67. The van der Waals surface area contributed by atoms with Crippen LogP contribution in [0.5, 0.6) is 0 Å². The monoisotopic (exact) mass is 509 g/mol. The lowest BCUT2D eigenvalue weighted by molar-refractivity contribution is -0.192. The van der Waals surface area contributed by atoms with Gasteiger partial charge in [0.05, 0.1) is 11.7 Å². The van der Waals surface area contributed by atoms with Crippen molar-refractivity contribution in [3.8, 4) is 0 Å². The van der Waals surface area contributed by atoms with Crippen LogP contribution in [0, 0.1) is 0 Å². The van der Waals surface area contributed by atoms with Gasteiger partial charge in [0.1, 0.15) is 11.5 Å². The maximum atomic E-state index is 12.6. The molecule has 0 saturated carbocycles. The van der Waals surface area contributed by atoms with Crippen molar-refractivity contribution in [2.24, 2.45) is 0 Å². The van der Waals surface area contributed by atoms with Crippen LogP contribution in [0.25, 0.3) is 0 Å². The molecule has 1 N–H and O–H groups in total. The average Bonchev–Trinajstić information content (AvgIpc) is 3.31. The Hall–Kier alpha value is -2.29. The Morgan fingerprint density at radius 3 is 2.47 bits per heavy atom. The smallest absolute Gasteiger partial charge is 0.475 e. The number of hydrogen-bond donors (Lipinski definition) is 1. The Bertz CT molecular complexity index is 963. The van der Waals surface area contributed by atoms with Crippen molar-refractivity contribution >= 4 is 21.9 Å². The van der Waals surface area contributed by atoms with E-state index in [9.17, 15) is 26.4 Å². The average molecular weight is 510 g/mol. The van der Waals surface area contributed by atoms with Crippen molar-refractivity contribution in [1.82, 2.24) is 14.2 Å². The summed E-state index contributed by atoms with van der Waals surface area (Å²) in [6.07, 6.45) is 1.21. The number of carbonyl (C=O) groups is 2. The van der Waals surface area contributed by atoms with E-state index in [1.165, 1.54) is 10.5 Å². The Kier molecular flexibility index (Phi) is 8.16. The zero-order valence-electron chi connectivity index (χ0n) is 18.2. The van der Waals surface area contributed by atoms with Crippen molar-refractivity contribution in [2.75, 3.05) is 39.4 Å². The van der Waals surface area contributed by atoms with E-state index in [2.05, 4.69) is 4.98 Å². The Labute approximate surface area is 194 Å². The van der Waals surface area contributed by atoms with E-state index in [0.717, 1.165) is 32.4 Å². The molecule has 34 heavy (non-hydrogen) atoms. The molecule has 14 heteroatoms. The van der Waals surface area contributed by atoms with Crippen LogP contribution in [0.2, 0.25) is 0 Å². The van der Waals surface area contributed by atoms with Gasteiger partial charge in [-0.15, -0.1) is 0 Å². The van der Waals surface area contributed by atoms with E-state index >= 15 is 0 Å². The van der Waals surface area contributed by atoms with E-state index in [-0.39, 0.29) is 23.5 Å². The molecule has 0 radical (unpaired) electrons. The van der Waals surface area contributed by atoms with E-state index in [0.29, 0.717) is 26.1 Å². The van der Waals surface area contributed by atoms with E-state index in [1.807, 2.05) is 4.90 Å². The molecule has 3 fully saturated rings. The maximum Gasteiger partial charge on any atom is 0.490 e. The molecule has 0 bridgehead atoms. The molecule has 0 aliphatic carbocycles. The molecular formula is C20H26F3N3O7S. The summed E-state index contributed by atoms with van der Waals surface area (Å²) in [4.78, 5) is 27.0. The summed E-state index contributed by atoms with van der Waals surface area (Å²) >= 11 is 0. The van der Waals surface area contributed by atoms with Crippen LogP contribution in [-0.2, 0) is 29.1 Å². The Morgan fingerprint density at radius 2 is 1.91 bits per heavy atom. The van der Waals surface area contributed by atoms with Crippen LogP contribution < -0.4 is 0 Å². The fraction of sp³-hybridized carbons (Fsp3) is 0.650. The molecule has 190 valence electrons. The second-order valence-electron chi connectivity index (χ2n) is 8.31. The molecule has 3 aliphatic rings. The summed E-state index contributed by atoms with van der Waals surface area (Å²) in [7, 11) is -3.54. The number of carboxylic acids is 1. The van der Waals surface area contributed by atoms with Crippen molar-refractivity contribution in [3.05, 3.63) is 24.5 Å². The largest absolute Gasteiger partial charge is 0.490 e. The highest BCUT2D eigenvalue weighted by atomic mass is 32.2. The molecule has 1 unspecified atom stereocenters. The number of hydrogen-bond acceptors (Lipinski definition) is 7. The zero-order chi connectivity index (χ0) is 25.0. The summed E-state index contributed by atoms with van der Waals surface area (Å²) in [5.41, 5.74) is -0.505. The molecule has 3 saturated heterocycles. The number of nitrogens with zero attached hydrogens (tertiary/aromatic N) is 3. The van der Waals surface area contributed by atoms with Crippen molar-refractivity contribution < 1.29 is 45.8 Å². The third-order valence-corrected chi connectivity index (χ3v) is 7.57. The van der Waals surface area contributed by atoms with Gasteiger partial charge in [0.25, 0.3) is 0 Å². The number of aliphatic carboxylic acids is 1. The quantitative estimate of drug-likeness (QED) is 0.629. The highest BCUT2D eigenvalue weighted by Gasteiger charge is 2.52. The van der Waals surface area contributed by atoms with E-state index in [4.69, 9.17) is 19.4 Å². The fourth-order valence-corrected chi connectivity index (χ4v) is 5.56. The number of ether oxygens (including phenoxy) is 2. The Morgan fingerprint density at radius 1 is 1.26 bits per heavy atom. The van der Waals surface area contributed by atoms with Crippen LogP contribution >= 0.6 is 0 Å². The highest BCUT2D eigenvalue weighted by Crippen LogP contribution is 2.38. The van der Waals surface area contributed by atoms with Gasteiger partial charge >= 0.3 is 12.1 Å². The van der Waals surface area contributed by atoms with Gasteiger partial charge in [0.15, 0.2) is 0 Å². The first-order chi connectivity index (χ1) is 15.9. The molecule has 3 aliphatic heterocycles. The van der Waals surface area contributed by atoms with Gasteiger partial charge in [-0.1, -0.05) is 0 Å². The van der Waals surface area contributed by atoms with Crippen LogP contribution in [0.4, 0.5) is 13.2 Å². The fourth-order valence-electron chi connectivity index (χ4n) is 4.01. The zero-order valence-corrected chi connectivity index (χ0v) is 19.1. The molecule has 1 aromatic rings. The molecule has 10 nitrogen and oxygen atoms in total. The van der Waals surface area contributed by atoms with Gasteiger partial charge in [0, 0.05) is 51.6 Å². The first-order valence-corrected chi connectivity index (χ1v) is 12.1. The first-order valence-electron chi connectivity index (χ1n) is 10.7. The molecule has 0 aromatic carbocycles. The molecular weight excluding hydrogens is 483 g/mol. The number of pyridine rings is 1. The van der Waals surface area contributed by atoms with Gasteiger partial charge in [-0.05, 0) is 31.4 Å². The maximum absolute atomic E-state index is 12.6. The molecule has 1 atom stereocenters. The van der Waals surface area contributed by atoms with Gasteiger partial charge in [-0.25, -0.2) is 13.2 Å². The molecule has 1 spiro atoms. The van der Waals surface area contributed by atoms with Gasteiger partial charge in [0.2, 0.25) is 15.9 Å². The Balaban J connectivity index is 0.000000406. The third kappa shape index (κ3) is 6.43. The minimum absolute atomic E-state index is 0.0439. The number of halogens is 3. The summed E-state index contributed by atoms with van der Waals surface area (Å²) < 4.78 is 70.2. The lowest BCUT2D eigenvalue weighted by atomic mass is 9.86. The van der Waals surface area contributed by atoms with Crippen molar-refractivity contribution in [3.63, 3.8) is 0 Å². The van der Waals surface area contributed by atoms with Crippen molar-refractivity contribution in [1.29, 1.82) is 0 Å². The molecule has 4 rings (SSSR count). The van der Waals surface area contributed by atoms with Crippen LogP contribution in [0.15, 0.2) is 29.4 Å². The van der Waals surface area contributed by atoms with Crippen LogP contribution in [-0.4, -0.2) is 96.9 Å². The minimum Gasteiger partial charge on any atom is -0.475 e. The number of likely N-dealkylation sites (tertiary alicyclic amines) is 1. The molecule has 4 heterocycles. The number of alkyl halides is 3. The summed E-state index contributed by atoms with van der Waals surface area (Å²) in [6.45, 7) is 2.87. The molecule has 1 amide bonds.